The van der Waals surface area contributed by atoms with Crippen molar-refractivity contribution < 1.29 is 9.84 Å². The second kappa shape index (κ2) is 6.59. The van der Waals surface area contributed by atoms with Gasteiger partial charge in [-0.25, -0.2) is 0 Å². The van der Waals surface area contributed by atoms with Crippen LogP contribution in [0.4, 0.5) is 5.69 Å². The van der Waals surface area contributed by atoms with Crippen molar-refractivity contribution in [3.05, 3.63) is 58.6 Å². The summed E-state index contributed by atoms with van der Waals surface area (Å²) < 4.78 is 6.12. The monoisotopic (exact) mass is 321 g/mol. The molecule has 0 spiro atoms. The van der Waals surface area contributed by atoms with E-state index in [9.17, 15) is 5.11 Å². The van der Waals surface area contributed by atoms with Crippen LogP contribution in [0.2, 0.25) is 0 Å². The number of aliphatic hydroxyl groups is 1. The molecule has 0 bridgehead atoms. The Kier molecular flexibility index (Phi) is 4.82. The highest BCUT2D eigenvalue weighted by Crippen LogP contribution is 2.23. The van der Waals surface area contributed by atoms with Crippen molar-refractivity contribution in [2.45, 2.75) is 6.04 Å². The molecule has 0 amide bonds. The Balaban J connectivity index is 2.14. The quantitative estimate of drug-likeness (QED) is 0.884. The first-order chi connectivity index (χ1) is 9.22. The summed E-state index contributed by atoms with van der Waals surface area (Å²) in [6.45, 7) is 0.0302. The third-order valence-electron chi connectivity index (χ3n) is 2.86. The number of halogens is 1. The lowest BCUT2D eigenvalue weighted by Gasteiger charge is -2.18. The molecule has 1 atom stereocenters. The number of aliphatic hydroxyl groups excluding tert-OH is 1. The molecule has 100 valence electrons. The van der Waals surface area contributed by atoms with Crippen LogP contribution in [0, 0.1) is 0 Å². The van der Waals surface area contributed by atoms with E-state index in [2.05, 4.69) is 21.2 Å². The molecule has 4 heteroatoms. The molecule has 19 heavy (non-hydrogen) atoms. The molecule has 0 aliphatic rings. The zero-order chi connectivity index (χ0) is 13.7. The minimum absolute atomic E-state index is 0.0302. The van der Waals surface area contributed by atoms with E-state index >= 15 is 0 Å². The van der Waals surface area contributed by atoms with Crippen LogP contribution in [-0.2, 0) is 0 Å². The Morgan fingerprint density at radius 1 is 1.21 bits per heavy atom. The highest BCUT2D eigenvalue weighted by molar-refractivity contribution is 9.10. The van der Waals surface area contributed by atoms with Gasteiger partial charge in [-0.2, -0.15) is 0 Å². The predicted molar refractivity (Wildman–Crippen MR) is 80.6 cm³/mol. The van der Waals surface area contributed by atoms with Crippen molar-refractivity contribution in [3.63, 3.8) is 0 Å². The van der Waals surface area contributed by atoms with E-state index < -0.39 is 0 Å². The normalized spacial score (nSPS) is 11.9. The van der Waals surface area contributed by atoms with E-state index in [0.29, 0.717) is 0 Å². The number of anilines is 1. The summed E-state index contributed by atoms with van der Waals surface area (Å²) in [7, 11) is 1.64. The second-order valence-corrected chi connectivity index (χ2v) is 5.08. The van der Waals surface area contributed by atoms with Gasteiger partial charge < -0.3 is 15.2 Å². The average Bonchev–Trinajstić information content (AvgIpc) is 2.45. The van der Waals surface area contributed by atoms with Crippen LogP contribution in [0.5, 0.6) is 5.75 Å². The first-order valence-corrected chi connectivity index (χ1v) is 6.79. The first kappa shape index (κ1) is 13.9. The SMILES string of the molecule is COc1ccc(NC(CO)c2cccc(Br)c2)cc1. The summed E-state index contributed by atoms with van der Waals surface area (Å²) in [6.07, 6.45) is 0. The van der Waals surface area contributed by atoms with Gasteiger partial charge in [0.2, 0.25) is 0 Å². The van der Waals surface area contributed by atoms with E-state index in [1.54, 1.807) is 7.11 Å². The van der Waals surface area contributed by atoms with Crippen LogP contribution in [0.25, 0.3) is 0 Å². The third kappa shape index (κ3) is 3.72. The van der Waals surface area contributed by atoms with Crippen LogP contribution in [-0.4, -0.2) is 18.8 Å². The molecule has 0 aliphatic heterocycles. The van der Waals surface area contributed by atoms with Gasteiger partial charge in [0.05, 0.1) is 19.8 Å². The average molecular weight is 322 g/mol. The Morgan fingerprint density at radius 2 is 1.95 bits per heavy atom. The molecular formula is C15H16BrNO2. The highest BCUT2D eigenvalue weighted by atomic mass is 79.9. The Hall–Kier alpha value is -1.52. The van der Waals surface area contributed by atoms with Gasteiger partial charge in [0, 0.05) is 10.2 Å². The summed E-state index contributed by atoms with van der Waals surface area (Å²) in [5.74, 6) is 0.813. The summed E-state index contributed by atoms with van der Waals surface area (Å²) >= 11 is 3.44. The molecule has 2 N–H and O–H groups in total. The minimum atomic E-state index is -0.133. The molecule has 0 radical (unpaired) electrons. The minimum Gasteiger partial charge on any atom is -0.497 e. The maximum Gasteiger partial charge on any atom is 0.119 e. The fourth-order valence-electron chi connectivity index (χ4n) is 1.85. The summed E-state index contributed by atoms with van der Waals surface area (Å²) in [4.78, 5) is 0. The van der Waals surface area contributed by atoms with E-state index in [1.165, 1.54) is 0 Å². The molecule has 0 heterocycles. The molecule has 2 aromatic rings. The van der Waals surface area contributed by atoms with Crippen molar-refractivity contribution in [2.24, 2.45) is 0 Å². The molecule has 0 saturated heterocycles. The summed E-state index contributed by atoms with van der Waals surface area (Å²) in [5.41, 5.74) is 1.98. The fourth-order valence-corrected chi connectivity index (χ4v) is 2.26. The number of benzene rings is 2. The third-order valence-corrected chi connectivity index (χ3v) is 3.36. The van der Waals surface area contributed by atoms with E-state index in [4.69, 9.17) is 4.74 Å². The van der Waals surface area contributed by atoms with Gasteiger partial charge in [0.1, 0.15) is 5.75 Å². The number of hydrogen-bond donors (Lipinski definition) is 2. The van der Waals surface area contributed by atoms with Gasteiger partial charge in [-0.05, 0) is 42.0 Å². The van der Waals surface area contributed by atoms with Crippen LogP contribution in [0.1, 0.15) is 11.6 Å². The number of methoxy groups -OCH3 is 1. The van der Waals surface area contributed by atoms with Crippen LogP contribution in [0.3, 0.4) is 0 Å². The van der Waals surface area contributed by atoms with Crippen molar-refractivity contribution in [1.29, 1.82) is 0 Å². The van der Waals surface area contributed by atoms with Crippen LogP contribution >= 0.6 is 15.9 Å². The zero-order valence-electron chi connectivity index (χ0n) is 10.6. The van der Waals surface area contributed by atoms with Crippen molar-refractivity contribution in [2.75, 3.05) is 19.0 Å². The fraction of sp³-hybridized carbons (Fsp3) is 0.200. The topological polar surface area (TPSA) is 41.5 Å². The van der Waals surface area contributed by atoms with Crippen LogP contribution < -0.4 is 10.1 Å². The standard InChI is InChI=1S/C15H16BrNO2/c1-19-14-7-5-13(6-8-14)17-15(10-18)11-3-2-4-12(16)9-11/h2-9,15,17-18H,10H2,1H3. The van der Waals surface area contributed by atoms with Crippen molar-refractivity contribution in [1.82, 2.24) is 0 Å². The van der Waals surface area contributed by atoms with Gasteiger partial charge in [-0.1, -0.05) is 28.1 Å². The van der Waals surface area contributed by atoms with Crippen molar-refractivity contribution >= 4 is 21.6 Å². The Morgan fingerprint density at radius 3 is 2.53 bits per heavy atom. The maximum absolute atomic E-state index is 9.53. The largest absolute Gasteiger partial charge is 0.497 e. The van der Waals surface area contributed by atoms with Gasteiger partial charge >= 0.3 is 0 Å². The molecule has 2 rings (SSSR count). The predicted octanol–water partition coefficient (Wildman–Crippen LogP) is 3.60. The Labute approximate surface area is 121 Å². The molecule has 0 saturated carbocycles. The zero-order valence-corrected chi connectivity index (χ0v) is 12.2. The van der Waals surface area contributed by atoms with Gasteiger partial charge in [0.25, 0.3) is 0 Å². The lowest BCUT2D eigenvalue weighted by atomic mass is 10.1. The first-order valence-electron chi connectivity index (χ1n) is 6.00. The summed E-state index contributed by atoms with van der Waals surface area (Å²) in [5, 5.41) is 12.8. The second-order valence-electron chi connectivity index (χ2n) is 4.16. The van der Waals surface area contributed by atoms with E-state index in [0.717, 1.165) is 21.5 Å². The summed E-state index contributed by atoms with van der Waals surface area (Å²) in [6, 6.07) is 15.4. The molecule has 0 aliphatic carbocycles. The number of rotatable bonds is 5. The van der Waals surface area contributed by atoms with Gasteiger partial charge in [-0.15, -0.1) is 0 Å². The molecule has 3 nitrogen and oxygen atoms in total. The van der Waals surface area contributed by atoms with E-state index in [-0.39, 0.29) is 12.6 Å². The van der Waals surface area contributed by atoms with Crippen molar-refractivity contribution in [3.8, 4) is 5.75 Å². The van der Waals surface area contributed by atoms with Gasteiger partial charge in [0.15, 0.2) is 0 Å². The highest BCUT2D eigenvalue weighted by Gasteiger charge is 2.10. The maximum atomic E-state index is 9.53. The van der Waals surface area contributed by atoms with Gasteiger partial charge in [-0.3, -0.25) is 0 Å². The number of hydrogen-bond acceptors (Lipinski definition) is 3. The lowest BCUT2D eigenvalue weighted by Crippen LogP contribution is -2.14. The molecule has 0 aromatic heterocycles. The Bertz CT molecular complexity index is 528. The number of ether oxygens (including phenoxy) is 1. The van der Waals surface area contributed by atoms with Crippen LogP contribution in [0.15, 0.2) is 53.0 Å². The molecule has 2 aromatic carbocycles. The molecular weight excluding hydrogens is 306 g/mol. The number of nitrogens with one attached hydrogen (secondary N) is 1. The lowest BCUT2D eigenvalue weighted by molar-refractivity contribution is 0.276. The molecule has 0 fully saturated rings. The van der Waals surface area contributed by atoms with E-state index in [1.807, 2.05) is 48.5 Å². The smallest absolute Gasteiger partial charge is 0.119 e. The molecule has 1 unspecified atom stereocenters.